The van der Waals surface area contributed by atoms with Crippen molar-refractivity contribution < 1.29 is 19.7 Å². The summed E-state index contributed by atoms with van der Waals surface area (Å²) >= 11 is 0. The quantitative estimate of drug-likeness (QED) is 0.307. The summed E-state index contributed by atoms with van der Waals surface area (Å²) in [5.74, 6) is 1.15. The zero-order chi connectivity index (χ0) is 16.0. The van der Waals surface area contributed by atoms with Gasteiger partial charge in [-0.25, -0.2) is 0 Å². The molecular weight excluding hydrogens is 270 g/mol. The van der Waals surface area contributed by atoms with Crippen molar-refractivity contribution >= 4 is 0 Å². The molecule has 21 heavy (non-hydrogen) atoms. The van der Waals surface area contributed by atoms with E-state index < -0.39 is 11.8 Å². The molecule has 1 saturated heterocycles. The SMILES string of the molecule is CC(C)CC(C)C(OCCCNC(O)C(C)(C)O)C1CO1. The third-order valence-electron chi connectivity index (χ3n) is 3.77. The Balaban J connectivity index is 2.19. The molecule has 0 aromatic heterocycles. The molecule has 3 N–H and O–H groups in total. The number of epoxide rings is 1. The van der Waals surface area contributed by atoms with Crippen LogP contribution in [-0.4, -0.2) is 54.0 Å². The second-order valence-corrected chi connectivity index (χ2v) is 7.18. The van der Waals surface area contributed by atoms with Gasteiger partial charge in [0, 0.05) is 6.61 Å². The molecule has 0 amide bonds. The van der Waals surface area contributed by atoms with Gasteiger partial charge in [0.1, 0.15) is 12.3 Å². The maximum atomic E-state index is 9.66. The van der Waals surface area contributed by atoms with Crippen molar-refractivity contribution in [2.75, 3.05) is 19.8 Å². The molecule has 1 fully saturated rings. The van der Waals surface area contributed by atoms with Crippen molar-refractivity contribution in [3.05, 3.63) is 0 Å². The third-order valence-corrected chi connectivity index (χ3v) is 3.77. The van der Waals surface area contributed by atoms with E-state index in [9.17, 15) is 10.2 Å². The normalized spacial score (nSPS) is 23.1. The van der Waals surface area contributed by atoms with E-state index >= 15 is 0 Å². The zero-order valence-corrected chi connectivity index (χ0v) is 14.1. The van der Waals surface area contributed by atoms with Crippen LogP contribution in [0.1, 0.15) is 47.5 Å². The van der Waals surface area contributed by atoms with E-state index in [0.29, 0.717) is 25.0 Å². The summed E-state index contributed by atoms with van der Waals surface area (Å²) in [5.41, 5.74) is -1.13. The number of ether oxygens (including phenoxy) is 2. The minimum atomic E-state index is -1.13. The molecule has 0 saturated carbocycles. The highest BCUT2D eigenvalue weighted by Gasteiger charge is 2.37. The molecule has 1 heterocycles. The highest BCUT2D eigenvalue weighted by Crippen LogP contribution is 2.27. The van der Waals surface area contributed by atoms with Crippen molar-refractivity contribution in [1.82, 2.24) is 5.32 Å². The van der Waals surface area contributed by atoms with Crippen LogP contribution in [0.25, 0.3) is 0 Å². The van der Waals surface area contributed by atoms with Crippen LogP contribution in [0, 0.1) is 11.8 Å². The van der Waals surface area contributed by atoms with Gasteiger partial charge in [-0.15, -0.1) is 0 Å². The van der Waals surface area contributed by atoms with Gasteiger partial charge in [0.15, 0.2) is 0 Å². The van der Waals surface area contributed by atoms with Gasteiger partial charge >= 0.3 is 0 Å². The van der Waals surface area contributed by atoms with Crippen molar-refractivity contribution in [3.63, 3.8) is 0 Å². The monoisotopic (exact) mass is 303 g/mol. The summed E-state index contributed by atoms with van der Waals surface area (Å²) in [6, 6.07) is 0. The fraction of sp³-hybridized carbons (Fsp3) is 1.00. The average Bonchev–Trinajstić information content (AvgIpc) is 3.15. The second-order valence-electron chi connectivity index (χ2n) is 7.18. The van der Waals surface area contributed by atoms with Crippen molar-refractivity contribution in [1.29, 1.82) is 0 Å². The zero-order valence-electron chi connectivity index (χ0n) is 14.1. The van der Waals surface area contributed by atoms with Crippen molar-refractivity contribution in [2.45, 2.75) is 71.5 Å². The van der Waals surface area contributed by atoms with Crippen LogP contribution in [0.15, 0.2) is 0 Å². The molecule has 1 aliphatic rings. The van der Waals surface area contributed by atoms with Crippen LogP contribution in [-0.2, 0) is 9.47 Å². The van der Waals surface area contributed by atoms with Crippen LogP contribution in [0.3, 0.4) is 0 Å². The van der Waals surface area contributed by atoms with Crippen LogP contribution < -0.4 is 5.32 Å². The lowest BCUT2D eigenvalue weighted by atomic mass is 9.92. The fourth-order valence-corrected chi connectivity index (χ4v) is 2.54. The number of rotatable bonds is 11. The molecule has 5 nitrogen and oxygen atoms in total. The summed E-state index contributed by atoms with van der Waals surface area (Å²) in [7, 11) is 0. The van der Waals surface area contributed by atoms with E-state index in [2.05, 4.69) is 26.1 Å². The molecule has 4 atom stereocenters. The first-order chi connectivity index (χ1) is 9.71. The lowest BCUT2D eigenvalue weighted by molar-refractivity contribution is -0.0662. The van der Waals surface area contributed by atoms with E-state index in [1.807, 2.05) is 0 Å². The Morgan fingerprint density at radius 2 is 1.95 bits per heavy atom. The Bertz CT molecular complexity index is 286. The van der Waals surface area contributed by atoms with Crippen molar-refractivity contribution in [3.8, 4) is 0 Å². The fourth-order valence-electron chi connectivity index (χ4n) is 2.54. The molecule has 0 aromatic carbocycles. The Hall–Kier alpha value is -0.200. The van der Waals surface area contributed by atoms with Gasteiger partial charge in [-0.05, 0) is 45.1 Å². The van der Waals surface area contributed by atoms with E-state index in [4.69, 9.17) is 9.47 Å². The molecule has 0 aromatic rings. The number of hydrogen-bond donors (Lipinski definition) is 3. The largest absolute Gasteiger partial charge is 0.386 e. The highest BCUT2D eigenvalue weighted by atomic mass is 16.6. The predicted molar refractivity (Wildman–Crippen MR) is 83.0 cm³/mol. The van der Waals surface area contributed by atoms with Crippen LogP contribution >= 0.6 is 0 Å². The average molecular weight is 303 g/mol. The van der Waals surface area contributed by atoms with Gasteiger partial charge < -0.3 is 19.7 Å². The van der Waals surface area contributed by atoms with Gasteiger partial charge in [-0.1, -0.05) is 20.8 Å². The van der Waals surface area contributed by atoms with Crippen molar-refractivity contribution in [2.24, 2.45) is 11.8 Å². The standard InChI is InChI=1S/C16H33NO4/c1-11(2)9-12(3)14(13-10-21-13)20-8-6-7-17-15(18)16(4,5)19/h11-15,17-19H,6-10H2,1-5H3. The van der Waals surface area contributed by atoms with E-state index in [0.717, 1.165) is 19.4 Å². The summed E-state index contributed by atoms with van der Waals surface area (Å²) in [6.45, 7) is 11.9. The van der Waals surface area contributed by atoms with Crippen LogP contribution in [0.2, 0.25) is 0 Å². The van der Waals surface area contributed by atoms with E-state index in [1.165, 1.54) is 0 Å². The second kappa shape index (κ2) is 8.44. The molecule has 4 unspecified atom stereocenters. The first kappa shape index (κ1) is 18.8. The minimum absolute atomic E-state index is 0.173. The molecule has 1 aliphatic heterocycles. The first-order valence-corrected chi connectivity index (χ1v) is 8.08. The highest BCUT2D eigenvalue weighted by molar-refractivity contribution is 4.84. The van der Waals surface area contributed by atoms with Gasteiger partial charge in [-0.2, -0.15) is 0 Å². The summed E-state index contributed by atoms with van der Waals surface area (Å²) in [5, 5.41) is 22.2. The number of hydrogen-bond acceptors (Lipinski definition) is 5. The van der Waals surface area contributed by atoms with Crippen LogP contribution in [0.4, 0.5) is 0 Å². The molecule has 1 rings (SSSR count). The topological polar surface area (TPSA) is 74.2 Å². The van der Waals surface area contributed by atoms with Gasteiger partial charge in [0.25, 0.3) is 0 Å². The van der Waals surface area contributed by atoms with Crippen LogP contribution in [0.5, 0.6) is 0 Å². The number of aliphatic hydroxyl groups excluding tert-OH is 1. The van der Waals surface area contributed by atoms with E-state index in [-0.39, 0.29) is 12.2 Å². The lowest BCUT2D eigenvalue weighted by Crippen LogP contribution is -2.47. The number of nitrogens with one attached hydrogen (secondary N) is 1. The van der Waals surface area contributed by atoms with E-state index in [1.54, 1.807) is 13.8 Å². The smallest absolute Gasteiger partial charge is 0.133 e. The van der Waals surface area contributed by atoms with Gasteiger partial charge in [0.2, 0.25) is 0 Å². The molecule has 0 radical (unpaired) electrons. The summed E-state index contributed by atoms with van der Waals surface area (Å²) in [6.07, 6.45) is 1.45. The molecule has 126 valence electrons. The maximum Gasteiger partial charge on any atom is 0.133 e. The Morgan fingerprint density at radius 1 is 1.33 bits per heavy atom. The van der Waals surface area contributed by atoms with Gasteiger partial charge in [-0.3, -0.25) is 5.32 Å². The molecule has 0 aliphatic carbocycles. The molecule has 5 heteroatoms. The Labute approximate surface area is 129 Å². The third kappa shape index (κ3) is 7.56. The number of aliphatic hydroxyl groups is 2. The Morgan fingerprint density at radius 3 is 2.43 bits per heavy atom. The summed E-state index contributed by atoms with van der Waals surface area (Å²) in [4.78, 5) is 0. The predicted octanol–water partition coefficient (Wildman–Crippen LogP) is 1.52. The maximum absolute atomic E-state index is 9.66. The lowest BCUT2D eigenvalue weighted by Gasteiger charge is -2.26. The molecular formula is C16H33NO4. The van der Waals surface area contributed by atoms with Gasteiger partial charge in [0.05, 0.1) is 18.3 Å². The molecule has 0 bridgehead atoms. The minimum Gasteiger partial charge on any atom is -0.386 e. The summed E-state index contributed by atoms with van der Waals surface area (Å²) < 4.78 is 11.4. The Kier molecular flexibility index (Phi) is 7.57. The first-order valence-electron chi connectivity index (χ1n) is 8.08. The molecule has 0 spiro atoms.